The summed E-state index contributed by atoms with van der Waals surface area (Å²) < 4.78 is 38.7. The second-order valence-corrected chi connectivity index (χ2v) is 10.9. The van der Waals surface area contributed by atoms with Crippen molar-refractivity contribution in [2.75, 3.05) is 25.5 Å². The van der Waals surface area contributed by atoms with Crippen molar-refractivity contribution in [1.82, 2.24) is 4.31 Å². The van der Waals surface area contributed by atoms with Crippen LogP contribution >= 0.6 is 23.2 Å². The van der Waals surface area contributed by atoms with Gasteiger partial charge < -0.3 is 14.8 Å². The summed E-state index contributed by atoms with van der Waals surface area (Å²) in [7, 11) is -2.18. The van der Waals surface area contributed by atoms with Gasteiger partial charge >= 0.3 is 0 Å². The Kier molecular flexibility index (Phi) is 7.86. The van der Waals surface area contributed by atoms with Crippen LogP contribution in [0.1, 0.15) is 12.8 Å². The Balaban J connectivity index is 1.50. The van der Waals surface area contributed by atoms with E-state index in [1.807, 2.05) is 0 Å². The zero-order valence-corrected chi connectivity index (χ0v) is 21.2. The average Bonchev–Trinajstić information content (AvgIpc) is 2.86. The quantitative estimate of drug-likeness (QED) is 0.411. The zero-order chi connectivity index (χ0) is 25.0. The Labute approximate surface area is 214 Å². The number of halogens is 2. The predicted molar refractivity (Wildman–Crippen MR) is 136 cm³/mol. The van der Waals surface area contributed by atoms with E-state index in [4.69, 9.17) is 32.7 Å². The number of nitrogens with one attached hydrogen (secondary N) is 1. The molecule has 1 fully saturated rings. The number of methoxy groups -OCH3 is 1. The van der Waals surface area contributed by atoms with E-state index in [1.165, 1.54) is 28.6 Å². The number of nitrogens with zero attached hydrogens (tertiary/aromatic N) is 1. The van der Waals surface area contributed by atoms with Crippen LogP contribution in [0.2, 0.25) is 10.0 Å². The summed E-state index contributed by atoms with van der Waals surface area (Å²) in [6.45, 7) is 0.416. The van der Waals surface area contributed by atoms with Gasteiger partial charge in [0.2, 0.25) is 15.9 Å². The Morgan fingerprint density at radius 1 is 1.00 bits per heavy atom. The highest BCUT2D eigenvalue weighted by Gasteiger charge is 2.33. The summed E-state index contributed by atoms with van der Waals surface area (Å²) in [5.41, 5.74) is 0.392. The maximum Gasteiger partial charge on any atom is 0.243 e. The van der Waals surface area contributed by atoms with Gasteiger partial charge in [-0.05, 0) is 67.4 Å². The molecule has 184 valence electrons. The molecule has 3 aromatic carbocycles. The van der Waals surface area contributed by atoms with E-state index < -0.39 is 15.9 Å². The van der Waals surface area contributed by atoms with E-state index in [1.54, 1.807) is 49.6 Å². The van der Waals surface area contributed by atoms with Crippen LogP contribution in [0.15, 0.2) is 71.6 Å². The fourth-order valence-electron chi connectivity index (χ4n) is 3.85. The number of anilines is 1. The minimum atomic E-state index is -3.74. The van der Waals surface area contributed by atoms with Crippen molar-refractivity contribution in [3.8, 4) is 17.2 Å². The highest BCUT2D eigenvalue weighted by atomic mass is 35.5. The number of hydrogen-bond acceptors (Lipinski definition) is 5. The highest BCUT2D eigenvalue weighted by Crippen LogP contribution is 2.34. The van der Waals surface area contributed by atoms with E-state index in [0.29, 0.717) is 52.4 Å². The summed E-state index contributed by atoms with van der Waals surface area (Å²) in [4.78, 5) is 13.3. The lowest BCUT2D eigenvalue weighted by molar-refractivity contribution is -0.120. The topological polar surface area (TPSA) is 84.9 Å². The van der Waals surface area contributed by atoms with Crippen LogP contribution in [0, 0.1) is 5.92 Å². The molecule has 1 N–H and O–H groups in total. The Morgan fingerprint density at radius 3 is 2.46 bits per heavy atom. The van der Waals surface area contributed by atoms with Gasteiger partial charge in [-0.2, -0.15) is 4.31 Å². The molecule has 0 bridgehead atoms. The maximum absolute atomic E-state index is 13.2. The largest absolute Gasteiger partial charge is 0.497 e. The highest BCUT2D eigenvalue weighted by molar-refractivity contribution is 7.89. The van der Waals surface area contributed by atoms with E-state index in [9.17, 15) is 13.2 Å². The van der Waals surface area contributed by atoms with Crippen molar-refractivity contribution in [1.29, 1.82) is 0 Å². The third-order valence-electron chi connectivity index (χ3n) is 5.67. The van der Waals surface area contributed by atoms with Crippen molar-refractivity contribution in [3.63, 3.8) is 0 Å². The minimum absolute atomic E-state index is 0.0729. The molecule has 3 aromatic rings. The van der Waals surface area contributed by atoms with Crippen LogP contribution in [0.25, 0.3) is 0 Å². The van der Waals surface area contributed by atoms with E-state index in [0.717, 1.165) is 0 Å². The number of ether oxygens (including phenoxy) is 2. The molecule has 35 heavy (non-hydrogen) atoms. The van der Waals surface area contributed by atoms with Gasteiger partial charge in [0.05, 0.1) is 23.6 Å². The number of hydrogen-bond donors (Lipinski definition) is 1. The summed E-state index contributed by atoms with van der Waals surface area (Å²) in [6.07, 6.45) is 1.12. The van der Waals surface area contributed by atoms with E-state index in [2.05, 4.69) is 5.32 Å². The molecule has 10 heteroatoms. The molecular formula is C25H24Cl2N2O5S. The van der Waals surface area contributed by atoms with Crippen molar-refractivity contribution < 1.29 is 22.7 Å². The van der Waals surface area contributed by atoms with Gasteiger partial charge in [-0.1, -0.05) is 29.3 Å². The smallest absolute Gasteiger partial charge is 0.243 e. The number of benzene rings is 3. The summed E-state index contributed by atoms with van der Waals surface area (Å²) in [5, 5.41) is 3.75. The van der Waals surface area contributed by atoms with Crippen LogP contribution < -0.4 is 14.8 Å². The van der Waals surface area contributed by atoms with Crippen LogP contribution in [0.4, 0.5) is 5.69 Å². The molecule has 1 amide bonds. The average molecular weight is 535 g/mol. The molecule has 7 nitrogen and oxygen atoms in total. The van der Waals surface area contributed by atoms with E-state index in [-0.39, 0.29) is 17.3 Å². The second-order valence-electron chi connectivity index (χ2n) is 8.07. The third-order valence-corrected chi connectivity index (χ3v) is 8.04. The Bertz CT molecular complexity index is 1320. The molecule has 1 heterocycles. The van der Waals surface area contributed by atoms with E-state index >= 15 is 0 Å². The number of carbonyl (C=O) groups is 1. The van der Waals surface area contributed by atoms with Crippen molar-refractivity contribution in [2.24, 2.45) is 5.92 Å². The van der Waals surface area contributed by atoms with Crippen LogP contribution in [0.3, 0.4) is 0 Å². The lowest BCUT2D eigenvalue weighted by Gasteiger charge is -2.31. The first kappa shape index (κ1) is 25.3. The number of piperidine rings is 1. The van der Waals surface area contributed by atoms with Gasteiger partial charge in [-0.25, -0.2) is 8.42 Å². The molecule has 0 radical (unpaired) electrons. The van der Waals surface area contributed by atoms with Gasteiger partial charge in [-0.15, -0.1) is 0 Å². The Hall–Kier alpha value is -2.78. The summed E-state index contributed by atoms with van der Waals surface area (Å²) in [6, 6.07) is 18.0. The number of sulfonamides is 1. The molecular weight excluding hydrogens is 511 g/mol. The standard InChI is InChI=1S/C25H24Cl2N2O5S/c1-33-20-5-2-6-21(15-20)34-24-12-9-19(27)14-23(24)28-25(30)17-4-3-13-29(16-17)35(31,32)22-10-7-18(26)8-11-22/h2,5-12,14-15,17H,3-4,13,16H2,1H3,(H,28,30)/t17-/m1/s1. The first-order chi connectivity index (χ1) is 16.8. The normalized spacial score (nSPS) is 16.5. The number of rotatable bonds is 7. The molecule has 0 aromatic heterocycles. The van der Waals surface area contributed by atoms with Crippen LogP contribution in [0.5, 0.6) is 17.2 Å². The lowest BCUT2D eigenvalue weighted by atomic mass is 9.98. The summed E-state index contributed by atoms with van der Waals surface area (Å²) >= 11 is 12.1. The molecule has 1 saturated heterocycles. The van der Waals surface area contributed by atoms with Gasteiger partial charge in [0, 0.05) is 29.2 Å². The van der Waals surface area contributed by atoms with Crippen LogP contribution in [-0.2, 0) is 14.8 Å². The number of amides is 1. The van der Waals surface area contributed by atoms with Gasteiger partial charge in [0.25, 0.3) is 0 Å². The minimum Gasteiger partial charge on any atom is -0.497 e. The zero-order valence-electron chi connectivity index (χ0n) is 18.9. The monoisotopic (exact) mass is 534 g/mol. The molecule has 0 spiro atoms. The molecule has 0 saturated carbocycles. The summed E-state index contributed by atoms with van der Waals surface area (Å²) in [5.74, 6) is 0.719. The fourth-order valence-corrected chi connectivity index (χ4v) is 5.67. The van der Waals surface area contributed by atoms with Gasteiger partial charge in [0.15, 0.2) is 5.75 Å². The lowest BCUT2D eigenvalue weighted by Crippen LogP contribution is -2.43. The number of carbonyl (C=O) groups excluding carboxylic acids is 1. The molecule has 0 aliphatic carbocycles. The molecule has 1 aliphatic rings. The third kappa shape index (κ3) is 6.08. The predicted octanol–water partition coefficient (Wildman–Crippen LogP) is 5.83. The molecule has 4 rings (SSSR count). The molecule has 0 unspecified atom stereocenters. The second kappa shape index (κ2) is 10.9. The first-order valence-corrected chi connectivity index (χ1v) is 13.1. The van der Waals surface area contributed by atoms with Crippen molar-refractivity contribution in [2.45, 2.75) is 17.7 Å². The fraction of sp³-hybridized carbons (Fsp3) is 0.240. The van der Waals surface area contributed by atoms with Crippen molar-refractivity contribution in [3.05, 3.63) is 76.8 Å². The maximum atomic E-state index is 13.2. The Morgan fingerprint density at radius 2 is 1.71 bits per heavy atom. The van der Waals surface area contributed by atoms with Crippen molar-refractivity contribution >= 4 is 44.8 Å². The molecule has 1 atom stereocenters. The van der Waals surface area contributed by atoms with Gasteiger partial charge in [0.1, 0.15) is 11.5 Å². The SMILES string of the molecule is COc1cccc(Oc2ccc(Cl)cc2NC(=O)[C@@H]2CCCN(S(=O)(=O)c3ccc(Cl)cc3)C2)c1. The van der Waals surface area contributed by atoms with Gasteiger partial charge in [-0.3, -0.25) is 4.79 Å². The first-order valence-electron chi connectivity index (χ1n) is 10.9. The van der Waals surface area contributed by atoms with Crippen LogP contribution in [-0.4, -0.2) is 38.8 Å². The molecule has 1 aliphatic heterocycles.